The monoisotopic (exact) mass is 363 g/mol. The molecule has 0 amide bonds. The van der Waals surface area contributed by atoms with Gasteiger partial charge in [0.2, 0.25) is 0 Å². The summed E-state index contributed by atoms with van der Waals surface area (Å²) in [7, 11) is 0. The Kier molecular flexibility index (Phi) is 6.42. The molecule has 0 radical (unpaired) electrons. The van der Waals surface area contributed by atoms with Gasteiger partial charge in [-0.1, -0.05) is 35.3 Å². The Bertz CT molecular complexity index is 619. The molecule has 0 aromatic heterocycles. The molecule has 0 saturated carbocycles. The Balaban J connectivity index is 1.36. The number of rotatable bonds is 6. The smallest absolute Gasteiger partial charge is 0.119 e. The fraction of sp³-hybridized carbons (Fsp3) is 0.400. The maximum Gasteiger partial charge on any atom is 0.119 e. The molecule has 1 saturated heterocycles. The molecule has 0 unspecified atom stereocenters. The highest BCUT2D eigenvalue weighted by Crippen LogP contribution is 2.22. The molecule has 1 aliphatic heterocycles. The van der Waals surface area contributed by atoms with Gasteiger partial charge in [-0.15, -0.1) is 0 Å². The lowest BCUT2D eigenvalue weighted by atomic mass is 9.90. The molecule has 2 aromatic rings. The van der Waals surface area contributed by atoms with E-state index in [1.807, 2.05) is 36.4 Å². The number of likely N-dealkylation sites (tertiary alicyclic amines) is 1. The molecule has 2 aromatic carbocycles. The molecule has 0 N–H and O–H groups in total. The predicted octanol–water partition coefficient (Wildman–Crippen LogP) is 5.33. The highest BCUT2D eigenvalue weighted by molar-refractivity contribution is 6.30. The number of benzene rings is 2. The van der Waals surface area contributed by atoms with Crippen LogP contribution >= 0.6 is 23.2 Å². The molecule has 1 heterocycles. The van der Waals surface area contributed by atoms with Crippen LogP contribution in [0.1, 0.15) is 18.4 Å². The van der Waals surface area contributed by atoms with E-state index in [9.17, 15) is 0 Å². The van der Waals surface area contributed by atoms with Gasteiger partial charge < -0.3 is 4.74 Å². The summed E-state index contributed by atoms with van der Waals surface area (Å²) in [5.41, 5.74) is 1.39. The molecule has 2 nitrogen and oxygen atoms in total. The highest BCUT2D eigenvalue weighted by Gasteiger charge is 2.19. The first-order chi connectivity index (χ1) is 11.7. The van der Waals surface area contributed by atoms with E-state index in [1.165, 1.54) is 18.4 Å². The van der Waals surface area contributed by atoms with Crippen molar-refractivity contribution in [2.45, 2.75) is 19.3 Å². The van der Waals surface area contributed by atoms with Crippen LogP contribution in [0.5, 0.6) is 5.75 Å². The van der Waals surface area contributed by atoms with Crippen LogP contribution in [0.25, 0.3) is 0 Å². The Hall–Kier alpha value is -1.22. The molecule has 0 spiro atoms. The van der Waals surface area contributed by atoms with Gasteiger partial charge in [0.15, 0.2) is 0 Å². The van der Waals surface area contributed by atoms with Crippen LogP contribution in [0.2, 0.25) is 10.0 Å². The fourth-order valence-electron chi connectivity index (χ4n) is 3.19. The summed E-state index contributed by atoms with van der Waals surface area (Å²) in [4.78, 5) is 2.49. The van der Waals surface area contributed by atoms with E-state index in [1.54, 1.807) is 0 Å². The first-order valence-electron chi connectivity index (χ1n) is 8.54. The summed E-state index contributed by atoms with van der Waals surface area (Å²) in [5.74, 6) is 1.66. The molecule has 0 aliphatic carbocycles. The van der Waals surface area contributed by atoms with Gasteiger partial charge in [0.25, 0.3) is 0 Å². The van der Waals surface area contributed by atoms with E-state index in [-0.39, 0.29) is 0 Å². The predicted molar refractivity (Wildman–Crippen MR) is 101 cm³/mol. The molecule has 3 rings (SSSR count). The van der Waals surface area contributed by atoms with Crippen LogP contribution in [-0.2, 0) is 6.42 Å². The molecule has 128 valence electrons. The third-order valence-electron chi connectivity index (χ3n) is 4.63. The first kappa shape index (κ1) is 17.6. The normalized spacial score (nSPS) is 16.2. The van der Waals surface area contributed by atoms with E-state index in [4.69, 9.17) is 27.9 Å². The van der Waals surface area contributed by atoms with Crippen LogP contribution in [-0.4, -0.2) is 31.1 Å². The Labute approximate surface area is 154 Å². The van der Waals surface area contributed by atoms with Gasteiger partial charge in [0, 0.05) is 16.6 Å². The SMILES string of the molecule is Clc1ccc(CC2CCN(CCOc3ccc(Cl)cc3)CC2)cc1. The first-order valence-corrected chi connectivity index (χ1v) is 9.30. The maximum absolute atomic E-state index is 5.95. The lowest BCUT2D eigenvalue weighted by Crippen LogP contribution is -2.37. The summed E-state index contributed by atoms with van der Waals surface area (Å²) in [6, 6.07) is 15.8. The van der Waals surface area contributed by atoms with Crippen molar-refractivity contribution >= 4 is 23.2 Å². The van der Waals surface area contributed by atoms with Crippen LogP contribution in [0.3, 0.4) is 0 Å². The third-order valence-corrected chi connectivity index (χ3v) is 5.14. The van der Waals surface area contributed by atoms with Gasteiger partial charge >= 0.3 is 0 Å². The third kappa shape index (κ3) is 5.41. The standard InChI is InChI=1S/C20H23Cl2NO/c21-18-3-1-16(2-4-18)15-17-9-11-23(12-10-17)13-14-24-20-7-5-19(22)6-8-20/h1-8,17H,9-15H2. The minimum Gasteiger partial charge on any atom is -0.492 e. The van der Waals surface area contributed by atoms with Gasteiger partial charge in [0.05, 0.1) is 0 Å². The molecule has 1 aliphatic rings. The summed E-state index contributed by atoms with van der Waals surface area (Å²) >= 11 is 11.8. The largest absolute Gasteiger partial charge is 0.492 e. The van der Waals surface area contributed by atoms with Crippen LogP contribution in [0.15, 0.2) is 48.5 Å². The van der Waals surface area contributed by atoms with Gasteiger partial charge in [-0.25, -0.2) is 0 Å². The van der Waals surface area contributed by atoms with E-state index < -0.39 is 0 Å². The summed E-state index contributed by atoms with van der Waals surface area (Å²) in [6.45, 7) is 4.02. The fourth-order valence-corrected chi connectivity index (χ4v) is 3.44. The second kappa shape index (κ2) is 8.75. The zero-order chi connectivity index (χ0) is 16.8. The maximum atomic E-state index is 5.95. The summed E-state index contributed by atoms with van der Waals surface area (Å²) < 4.78 is 5.78. The zero-order valence-electron chi connectivity index (χ0n) is 13.8. The highest BCUT2D eigenvalue weighted by atomic mass is 35.5. The van der Waals surface area contributed by atoms with Crippen molar-refractivity contribution in [3.05, 3.63) is 64.1 Å². The van der Waals surface area contributed by atoms with Crippen molar-refractivity contribution in [3.63, 3.8) is 0 Å². The second-order valence-electron chi connectivity index (χ2n) is 6.42. The van der Waals surface area contributed by atoms with Crippen molar-refractivity contribution in [1.82, 2.24) is 4.90 Å². The van der Waals surface area contributed by atoms with Crippen LogP contribution < -0.4 is 4.74 Å². The van der Waals surface area contributed by atoms with E-state index in [0.717, 1.165) is 54.4 Å². The van der Waals surface area contributed by atoms with Gasteiger partial charge in [-0.05, 0) is 80.2 Å². The zero-order valence-corrected chi connectivity index (χ0v) is 15.3. The van der Waals surface area contributed by atoms with E-state index >= 15 is 0 Å². The van der Waals surface area contributed by atoms with E-state index in [2.05, 4.69) is 17.0 Å². The van der Waals surface area contributed by atoms with Crippen molar-refractivity contribution in [3.8, 4) is 5.75 Å². The number of piperidine rings is 1. The number of nitrogens with zero attached hydrogens (tertiary/aromatic N) is 1. The Morgan fingerprint density at radius 2 is 1.46 bits per heavy atom. The molecule has 24 heavy (non-hydrogen) atoms. The minimum absolute atomic E-state index is 0.726. The Morgan fingerprint density at radius 3 is 2.08 bits per heavy atom. The average Bonchev–Trinajstić information content (AvgIpc) is 2.60. The summed E-state index contributed by atoms with van der Waals surface area (Å²) in [5, 5.41) is 1.55. The van der Waals surface area contributed by atoms with Crippen molar-refractivity contribution in [1.29, 1.82) is 0 Å². The number of hydrogen-bond donors (Lipinski definition) is 0. The number of hydrogen-bond acceptors (Lipinski definition) is 2. The topological polar surface area (TPSA) is 12.5 Å². The average molecular weight is 364 g/mol. The molecule has 0 bridgehead atoms. The number of halogens is 2. The second-order valence-corrected chi connectivity index (χ2v) is 7.29. The van der Waals surface area contributed by atoms with Crippen molar-refractivity contribution < 1.29 is 4.74 Å². The van der Waals surface area contributed by atoms with Gasteiger partial charge in [-0.2, -0.15) is 0 Å². The van der Waals surface area contributed by atoms with Gasteiger partial charge in [-0.3, -0.25) is 4.90 Å². The quantitative estimate of drug-likeness (QED) is 0.687. The molecule has 4 heteroatoms. The lowest BCUT2D eigenvalue weighted by Gasteiger charge is -2.31. The minimum atomic E-state index is 0.726. The molecule has 1 fully saturated rings. The molecular weight excluding hydrogens is 341 g/mol. The molecular formula is C20H23Cl2NO. The van der Waals surface area contributed by atoms with Crippen LogP contribution in [0.4, 0.5) is 0 Å². The van der Waals surface area contributed by atoms with Crippen LogP contribution in [0, 0.1) is 5.92 Å². The lowest BCUT2D eigenvalue weighted by molar-refractivity contribution is 0.155. The van der Waals surface area contributed by atoms with E-state index in [0.29, 0.717) is 0 Å². The van der Waals surface area contributed by atoms with Crippen molar-refractivity contribution in [2.24, 2.45) is 5.92 Å². The molecule has 0 atom stereocenters. The van der Waals surface area contributed by atoms with Crippen molar-refractivity contribution in [2.75, 3.05) is 26.2 Å². The van der Waals surface area contributed by atoms with Gasteiger partial charge in [0.1, 0.15) is 12.4 Å². The number of ether oxygens (including phenoxy) is 1. The summed E-state index contributed by atoms with van der Waals surface area (Å²) in [6.07, 6.45) is 3.67. The Morgan fingerprint density at radius 1 is 0.875 bits per heavy atom.